The lowest BCUT2D eigenvalue weighted by atomic mass is 9.80. The lowest BCUT2D eigenvalue weighted by molar-refractivity contribution is -0.0505. The molecule has 0 spiro atoms. The Hall–Kier alpha value is -1.16. The maximum atomic E-state index is 12.4. The van der Waals surface area contributed by atoms with Crippen molar-refractivity contribution in [3.05, 3.63) is 29.8 Å². The molecule has 1 aliphatic rings. The standard InChI is InChI=1S/C17H25F2NO/c1-12(2)13-7-9-15(10-8-13)20-11-14-5-3-4-6-16(14)21-17(18)19/h3-6,12-13,15,17,20H,7-11H2,1-2H3. The van der Waals surface area contributed by atoms with Gasteiger partial charge in [0.25, 0.3) is 0 Å². The predicted molar refractivity (Wildman–Crippen MR) is 80.5 cm³/mol. The first-order valence-electron chi connectivity index (χ1n) is 7.82. The van der Waals surface area contributed by atoms with Gasteiger partial charge in [-0.1, -0.05) is 32.0 Å². The van der Waals surface area contributed by atoms with Crippen LogP contribution in [0.3, 0.4) is 0 Å². The van der Waals surface area contributed by atoms with Crippen LogP contribution in [0.25, 0.3) is 0 Å². The van der Waals surface area contributed by atoms with Crippen molar-refractivity contribution in [2.24, 2.45) is 11.8 Å². The molecule has 2 rings (SSSR count). The molecular formula is C17H25F2NO. The number of nitrogens with one attached hydrogen (secondary N) is 1. The minimum Gasteiger partial charge on any atom is -0.434 e. The van der Waals surface area contributed by atoms with Crippen LogP contribution >= 0.6 is 0 Å². The third-order valence-corrected chi connectivity index (χ3v) is 4.48. The summed E-state index contributed by atoms with van der Waals surface area (Å²) in [4.78, 5) is 0. The smallest absolute Gasteiger partial charge is 0.387 e. The molecule has 0 aromatic heterocycles. The second-order valence-electron chi connectivity index (χ2n) is 6.22. The summed E-state index contributed by atoms with van der Waals surface area (Å²) in [6.07, 6.45) is 4.84. The molecule has 1 saturated carbocycles. The summed E-state index contributed by atoms with van der Waals surface area (Å²) in [7, 11) is 0. The number of benzene rings is 1. The number of halogens is 2. The van der Waals surface area contributed by atoms with Crippen molar-refractivity contribution in [1.29, 1.82) is 0 Å². The Labute approximate surface area is 125 Å². The van der Waals surface area contributed by atoms with Gasteiger partial charge in [0, 0.05) is 18.2 Å². The Kier molecular flexibility index (Phi) is 5.97. The zero-order valence-electron chi connectivity index (χ0n) is 12.8. The highest BCUT2D eigenvalue weighted by atomic mass is 19.3. The molecule has 0 aliphatic heterocycles. The topological polar surface area (TPSA) is 21.3 Å². The van der Waals surface area contributed by atoms with Crippen molar-refractivity contribution < 1.29 is 13.5 Å². The molecule has 4 heteroatoms. The van der Waals surface area contributed by atoms with Gasteiger partial charge in [-0.25, -0.2) is 0 Å². The predicted octanol–water partition coefficient (Wildman–Crippen LogP) is 4.59. The van der Waals surface area contributed by atoms with E-state index in [-0.39, 0.29) is 5.75 Å². The summed E-state index contributed by atoms with van der Waals surface area (Å²) in [6, 6.07) is 7.49. The van der Waals surface area contributed by atoms with E-state index in [9.17, 15) is 8.78 Å². The van der Waals surface area contributed by atoms with Crippen LogP contribution in [0.15, 0.2) is 24.3 Å². The molecule has 1 fully saturated rings. The minimum absolute atomic E-state index is 0.274. The van der Waals surface area contributed by atoms with E-state index < -0.39 is 6.61 Å². The van der Waals surface area contributed by atoms with E-state index in [0.29, 0.717) is 12.6 Å². The molecule has 21 heavy (non-hydrogen) atoms. The maximum absolute atomic E-state index is 12.4. The molecule has 0 unspecified atom stereocenters. The maximum Gasteiger partial charge on any atom is 0.387 e. The fourth-order valence-electron chi connectivity index (χ4n) is 3.11. The van der Waals surface area contributed by atoms with Crippen molar-refractivity contribution >= 4 is 0 Å². The molecule has 0 bridgehead atoms. The average Bonchev–Trinajstić information content (AvgIpc) is 2.46. The largest absolute Gasteiger partial charge is 0.434 e. The van der Waals surface area contributed by atoms with E-state index in [0.717, 1.165) is 17.4 Å². The zero-order valence-corrected chi connectivity index (χ0v) is 12.8. The number of rotatable bonds is 6. The molecule has 1 aliphatic carbocycles. The molecule has 0 saturated heterocycles. The number of hydrogen-bond donors (Lipinski definition) is 1. The number of para-hydroxylation sites is 1. The second kappa shape index (κ2) is 7.74. The molecule has 1 N–H and O–H groups in total. The lowest BCUT2D eigenvalue weighted by Gasteiger charge is -2.31. The summed E-state index contributed by atoms with van der Waals surface area (Å²) in [5, 5.41) is 3.49. The van der Waals surface area contributed by atoms with Gasteiger partial charge in [0.05, 0.1) is 0 Å². The Morgan fingerprint density at radius 3 is 2.43 bits per heavy atom. The van der Waals surface area contributed by atoms with Gasteiger partial charge in [0.2, 0.25) is 0 Å². The third kappa shape index (κ3) is 4.95. The molecular weight excluding hydrogens is 272 g/mol. The van der Waals surface area contributed by atoms with Crippen LogP contribution in [0.2, 0.25) is 0 Å². The SMILES string of the molecule is CC(C)C1CCC(NCc2ccccc2OC(F)F)CC1. The first-order chi connectivity index (χ1) is 10.1. The lowest BCUT2D eigenvalue weighted by Crippen LogP contribution is -2.33. The molecule has 0 amide bonds. The van der Waals surface area contributed by atoms with Crippen LogP contribution < -0.4 is 10.1 Å². The van der Waals surface area contributed by atoms with Crippen LogP contribution in [0, 0.1) is 11.8 Å². The van der Waals surface area contributed by atoms with Crippen LogP contribution in [0.1, 0.15) is 45.1 Å². The number of hydrogen-bond acceptors (Lipinski definition) is 2. The summed E-state index contributed by atoms with van der Waals surface area (Å²) < 4.78 is 29.3. The summed E-state index contributed by atoms with van der Waals surface area (Å²) in [6.45, 7) is 2.39. The minimum atomic E-state index is -2.77. The van der Waals surface area contributed by atoms with Gasteiger partial charge in [-0.2, -0.15) is 8.78 Å². The molecule has 0 radical (unpaired) electrons. The Morgan fingerprint density at radius 2 is 1.81 bits per heavy atom. The van der Waals surface area contributed by atoms with E-state index in [4.69, 9.17) is 0 Å². The van der Waals surface area contributed by atoms with Crippen molar-refractivity contribution in [2.75, 3.05) is 0 Å². The first-order valence-corrected chi connectivity index (χ1v) is 7.82. The Balaban J connectivity index is 1.84. The van der Waals surface area contributed by atoms with Crippen molar-refractivity contribution in [1.82, 2.24) is 5.32 Å². The molecule has 0 heterocycles. The fraction of sp³-hybridized carbons (Fsp3) is 0.647. The fourth-order valence-corrected chi connectivity index (χ4v) is 3.11. The first kappa shape index (κ1) is 16.2. The van der Waals surface area contributed by atoms with Gasteiger partial charge in [-0.05, 0) is 43.6 Å². The normalized spacial score (nSPS) is 22.8. The monoisotopic (exact) mass is 297 g/mol. The summed E-state index contributed by atoms with van der Waals surface area (Å²) in [5.41, 5.74) is 0.795. The van der Waals surface area contributed by atoms with E-state index in [2.05, 4.69) is 23.9 Å². The molecule has 118 valence electrons. The summed E-state index contributed by atoms with van der Waals surface area (Å²) in [5.74, 6) is 1.86. The van der Waals surface area contributed by atoms with Crippen molar-refractivity contribution in [2.45, 2.75) is 58.7 Å². The van der Waals surface area contributed by atoms with E-state index >= 15 is 0 Å². The average molecular weight is 297 g/mol. The van der Waals surface area contributed by atoms with Crippen LogP contribution in [0.4, 0.5) is 8.78 Å². The van der Waals surface area contributed by atoms with E-state index in [1.165, 1.54) is 25.7 Å². The highest BCUT2D eigenvalue weighted by Gasteiger charge is 2.23. The van der Waals surface area contributed by atoms with Gasteiger partial charge in [-0.3, -0.25) is 0 Å². The van der Waals surface area contributed by atoms with Crippen molar-refractivity contribution in [3.8, 4) is 5.75 Å². The molecule has 1 aromatic carbocycles. The summed E-state index contributed by atoms with van der Waals surface area (Å²) >= 11 is 0. The van der Waals surface area contributed by atoms with Gasteiger partial charge >= 0.3 is 6.61 Å². The van der Waals surface area contributed by atoms with Crippen molar-refractivity contribution in [3.63, 3.8) is 0 Å². The molecule has 2 nitrogen and oxygen atoms in total. The van der Waals surface area contributed by atoms with Gasteiger partial charge in [0.1, 0.15) is 5.75 Å². The van der Waals surface area contributed by atoms with E-state index in [1.54, 1.807) is 12.1 Å². The van der Waals surface area contributed by atoms with Gasteiger partial charge in [-0.15, -0.1) is 0 Å². The van der Waals surface area contributed by atoms with Gasteiger partial charge in [0.15, 0.2) is 0 Å². The highest BCUT2D eigenvalue weighted by Crippen LogP contribution is 2.30. The quantitative estimate of drug-likeness (QED) is 0.829. The zero-order chi connectivity index (χ0) is 15.2. The Bertz CT molecular complexity index is 429. The van der Waals surface area contributed by atoms with Gasteiger partial charge < -0.3 is 10.1 Å². The number of ether oxygens (including phenoxy) is 1. The molecule has 0 atom stereocenters. The molecule has 1 aromatic rings. The van der Waals surface area contributed by atoms with Crippen LogP contribution in [-0.2, 0) is 6.54 Å². The second-order valence-corrected chi connectivity index (χ2v) is 6.22. The number of alkyl halides is 2. The third-order valence-electron chi connectivity index (χ3n) is 4.48. The highest BCUT2D eigenvalue weighted by molar-refractivity contribution is 5.33. The van der Waals surface area contributed by atoms with Crippen LogP contribution in [0.5, 0.6) is 5.75 Å². The Morgan fingerprint density at radius 1 is 1.14 bits per heavy atom. The van der Waals surface area contributed by atoms with Crippen LogP contribution in [-0.4, -0.2) is 12.7 Å². The van der Waals surface area contributed by atoms with E-state index in [1.807, 2.05) is 12.1 Å².